The number of nitrogens with zero attached hydrogens (tertiary/aromatic N) is 1. The number of benzene rings is 2. The Kier molecular flexibility index (Phi) is 7.49. The van der Waals surface area contributed by atoms with E-state index in [4.69, 9.17) is 23.2 Å². The van der Waals surface area contributed by atoms with Crippen molar-refractivity contribution in [3.05, 3.63) is 69.7 Å². The molecule has 0 aliphatic carbocycles. The Balaban J connectivity index is 2.25. The first-order valence-corrected chi connectivity index (χ1v) is 9.20. The van der Waals surface area contributed by atoms with Crippen LogP contribution in [-0.2, 0) is 22.6 Å². The van der Waals surface area contributed by atoms with Crippen LogP contribution in [0.5, 0.6) is 0 Å². The van der Waals surface area contributed by atoms with E-state index in [0.717, 1.165) is 11.1 Å². The molecule has 0 heterocycles. The summed E-state index contributed by atoms with van der Waals surface area (Å²) in [6.07, 6.45) is 0.734. The average Bonchev–Trinajstić information content (AvgIpc) is 2.64. The molecule has 0 bridgehead atoms. The number of rotatable bonds is 7. The lowest BCUT2D eigenvalue weighted by Crippen LogP contribution is -2.48. The third kappa shape index (κ3) is 5.48. The van der Waals surface area contributed by atoms with Crippen LogP contribution >= 0.6 is 23.2 Å². The lowest BCUT2D eigenvalue weighted by Gasteiger charge is -2.30. The largest absolute Gasteiger partial charge is 0.357 e. The Morgan fingerprint density at radius 2 is 1.46 bits per heavy atom. The molecule has 4 nitrogen and oxygen atoms in total. The molecule has 2 rings (SSSR count). The number of carbonyl (C=O) groups excluding carboxylic acids is 2. The van der Waals surface area contributed by atoms with Crippen molar-refractivity contribution < 1.29 is 9.59 Å². The van der Waals surface area contributed by atoms with E-state index in [0.29, 0.717) is 23.0 Å². The highest BCUT2D eigenvalue weighted by molar-refractivity contribution is 6.30. The number of hydrogen-bond acceptors (Lipinski definition) is 2. The van der Waals surface area contributed by atoms with Crippen LogP contribution in [0.15, 0.2) is 48.5 Å². The van der Waals surface area contributed by atoms with E-state index in [2.05, 4.69) is 5.32 Å². The van der Waals surface area contributed by atoms with Gasteiger partial charge in [0.1, 0.15) is 6.04 Å². The van der Waals surface area contributed by atoms with Gasteiger partial charge in [-0.1, -0.05) is 54.4 Å². The molecule has 0 saturated heterocycles. The summed E-state index contributed by atoms with van der Waals surface area (Å²) in [5.41, 5.74) is 1.77. The smallest absolute Gasteiger partial charge is 0.242 e. The van der Waals surface area contributed by atoms with E-state index in [1.807, 2.05) is 31.2 Å². The van der Waals surface area contributed by atoms with Crippen molar-refractivity contribution in [3.8, 4) is 0 Å². The van der Waals surface area contributed by atoms with Crippen molar-refractivity contribution in [1.29, 1.82) is 0 Å². The number of halogens is 2. The first-order valence-electron chi connectivity index (χ1n) is 8.44. The minimum absolute atomic E-state index is 0.113. The predicted octanol–water partition coefficient (Wildman–Crippen LogP) is 4.09. The third-order valence-electron chi connectivity index (χ3n) is 4.17. The summed E-state index contributed by atoms with van der Waals surface area (Å²) in [5.74, 6) is -0.288. The van der Waals surface area contributed by atoms with Crippen LogP contribution in [0.4, 0.5) is 0 Å². The van der Waals surface area contributed by atoms with Gasteiger partial charge < -0.3 is 10.2 Å². The number of carbonyl (C=O) groups is 2. The number of nitrogens with one attached hydrogen (secondary N) is 1. The van der Waals surface area contributed by atoms with Gasteiger partial charge in [-0.25, -0.2) is 0 Å². The molecule has 0 saturated carbocycles. The van der Waals surface area contributed by atoms with E-state index in [-0.39, 0.29) is 18.2 Å². The number of amides is 2. The van der Waals surface area contributed by atoms with Gasteiger partial charge in [-0.15, -0.1) is 0 Å². The fraction of sp³-hybridized carbons (Fsp3) is 0.300. The van der Waals surface area contributed by atoms with Crippen molar-refractivity contribution in [1.82, 2.24) is 10.2 Å². The van der Waals surface area contributed by atoms with Crippen molar-refractivity contribution in [2.75, 3.05) is 7.05 Å². The molecule has 2 aromatic rings. The molecule has 0 fully saturated rings. The summed E-state index contributed by atoms with van der Waals surface area (Å²) in [6.45, 7) is 2.24. The SMILES string of the molecule is CC[C@@H](C(=O)NC)N(Cc1ccc(Cl)cc1)C(=O)Cc1ccc(Cl)cc1. The Morgan fingerprint density at radius 1 is 0.962 bits per heavy atom. The fourth-order valence-electron chi connectivity index (χ4n) is 2.75. The Labute approximate surface area is 164 Å². The molecule has 1 N–H and O–H groups in total. The van der Waals surface area contributed by atoms with E-state index in [9.17, 15) is 9.59 Å². The van der Waals surface area contributed by atoms with Crippen LogP contribution in [0.25, 0.3) is 0 Å². The predicted molar refractivity (Wildman–Crippen MR) is 105 cm³/mol. The van der Waals surface area contributed by atoms with Crippen molar-refractivity contribution in [2.45, 2.75) is 32.4 Å². The molecule has 0 aliphatic heterocycles. The highest BCUT2D eigenvalue weighted by atomic mass is 35.5. The maximum Gasteiger partial charge on any atom is 0.242 e. The lowest BCUT2D eigenvalue weighted by molar-refractivity contribution is -0.140. The monoisotopic (exact) mass is 392 g/mol. The maximum absolute atomic E-state index is 13.0. The number of hydrogen-bond donors (Lipinski definition) is 1. The molecule has 0 aliphatic rings. The second-order valence-corrected chi connectivity index (χ2v) is 6.86. The molecule has 6 heteroatoms. The van der Waals surface area contributed by atoms with Crippen LogP contribution in [0.1, 0.15) is 24.5 Å². The topological polar surface area (TPSA) is 49.4 Å². The van der Waals surface area contributed by atoms with Crippen LogP contribution in [0.2, 0.25) is 10.0 Å². The van der Waals surface area contributed by atoms with Gasteiger partial charge in [0.25, 0.3) is 0 Å². The standard InChI is InChI=1S/C20H22Cl2N2O2/c1-3-18(20(26)23-2)24(13-15-6-10-17(22)11-7-15)19(25)12-14-4-8-16(21)9-5-14/h4-11,18H,3,12-13H2,1-2H3,(H,23,26)/t18-/m0/s1. The summed E-state index contributed by atoms with van der Waals surface area (Å²) < 4.78 is 0. The molecule has 1 atom stereocenters. The van der Waals surface area contributed by atoms with Crippen molar-refractivity contribution in [2.24, 2.45) is 0 Å². The summed E-state index contributed by atoms with van der Waals surface area (Å²) in [5, 5.41) is 3.90. The van der Waals surface area contributed by atoms with Gasteiger partial charge in [0.15, 0.2) is 0 Å². The zero-order chi connectivity index (χ0) is 19.1. The third-order valence-corrected chi connectivity index (χ3v) is 4.67. The van der Waals surface area contributed by atoms with Crippen LogP contribution in [0.3, 0.4) is 0 Å². The minimum Gasteiger partial charge on any atom is -0.357 e. The first kappa shape index (κ1) is 20.3. The van der Waals surface area contributed by atoms with E-state index in [1.54, 1.807) is 36.2 Å². The Hall–Kier alpha value is -2.04. The molecule has 26 heavy (non-hydrogen) atoms. The van der Waals surface area contributed by atoms with Crippen LogP contribution in [0, 0.1) is 0 Å². The van der Waals surface area contributed by atoms with E-state index >= 15 is 0 Å². The van der Waals surface area contributed by atoms with Gasteiger partial charge in [-0.3, -0.25) is 9.59 Å². The number of likely N-dealkylation sites (N-methyl/N-ethyl adjacent to an activating group) is 1. The highest BCUT2D eigenvalue weighted by Crippen LogP contribution is 2.17. The van der Waals surface area contributed by atoms with Crippen molar-refractivity contribution in [3.63, 3.8) is 0 Å². The normalized spacial score (nSPS) is 11.7. The molecule has 138 valence electrons. The molecular weight excluding hydrogens is 371 g/mol. The summed E-state index contributed by atoms with van der Waals surface area (Å²) in [6, 6.07) is 13.9. The maximum atomic E-state index is 13.0. The molecule has 0 spiro atoms. The van der Waals surface area contributed by atoms with E-state index in [1.165, 1.54) is 0 Å². The van der Waals surface area contributed by atoms with Gasteiger partial charge in [0, 0.05) is 23.6 Å². The first-order chi connectivity index (χ1) is 12.4. The zero-order valence-electron chi connectivity index (χ0n) is 14.8. The quantitative estimate of drug-likeness (QED) is 0.771. The van der Waals surface area contributed by atoms with Crippen LogP contribution in [-0.4, -0.2) is 29.8 Å². The Bertz CT molecular complexity index is 745. The second kappa shape index (κ2) is 9.60. The van der Waals surface area contributed by atoms with Crippen LogP contribution < -0.4 is 5.32 Å². The molecular formula is C20H22Cl2N2O2. The summed E-state index contributed by atoms with van der Waals surface area (Å²) in [4.78, 5) is 26.9. The summed E-state index contributed by atoms with van der Waals surface area (Å²) >= 11 is 11.8. The second-order valence-electron chi connectivity index (χ2n) is 5.99. The van der Waals surface area contributed by atoms with Gasteiger partial charge in [0.2, 0.25) is 11.8 Å². The van der Waals surface area contributed by atoms with Gasteiger partial charge in [-0.2, -0.15) is 0 Å². The minimum atomic E-state index is -0.532. The Morgan fingerprint density at radius 3 is 1.92 bits per heavy atom. The molecule has 2 amide bonds. The fourth-order valence-corrected chi connectivity index (χ4v) is 3.00. The van der Waals surface area contributed by atoms with Gasteiger partial charge in [0.05, 0.1) is 6.42 Å². The zero-order valence-corrected chi connectivity index (χ0v) is 16.3. The highest BCUT2D eigenvalue weighted by Gasteiger charge is 2.27. The summed E-state index contributed by atoms with van der Waals surface area (Å²) in [7, 11) is 1.58. The molecule has 0 unspecified atom stereocenters. The van der Waals surface area contributed by atoms with Crippen molar-refractivity contribution >= 4 is 35.0 Å². The van der Waals surface area contributed by atoms with Gasteiger partial charge in [-0.05, 0) is 41.8 Å². The molecule has 2 aromatic carbocycles. The van der Waals surface area contributed by atoms with Gasteiger partial charge >= 0.3 is 0 Å². The lowest BCUT2D eigenvalue weighted by atomic mass is 10.1. The average molecular weight is 393 g/mol. The van der Waals surface area contributed by atoms with E-state index < -0.39 is 6.04 Å². The molecule has 0 radical (unpaired) electrons. The molecule has 0 aromatic heterocycles.